The number of benzene rings is 2. The summed E-state index contributed by atoms with van der Waals surface area (Å²) in [6.45, 7) is 5.86. The molecule has 1 saturated heterocycles. The molecule has 0 aliphatic carbocycles. The van der Waals surface area contributed by atoms with Gasteiger partial charge in [0, 0.05) is 29.6 Å². The van der Waals surface area contributed by atoms with Crippen molar-refractivity contribution in [3.63, 3.8) is 0 Å². The Morgan fingerprint density at radius 3 is 2.52 bits per heavy atom. The summed E-state index contributed by atoms with van der Waals surface area (Å²) in [5.41, 5.74) is 5.71. The molecule has 0 bridgehead atoms. The summed E-state index contributed by atoms with van der Waals surface area (Å²) in [5, 5.41) is 6.84. The Kier molecular flexibility index (Phi) is 5.57. The van der Waals surface area contributed by atoms with Crippen molar-refractivity contribution in [1.29, 1.82) is 0 Å². The third-order valence-electron chi connectivity index (χ3n) is 6.13. The van der Waals surface area contributed by atoms with Crippen LogP contribution in [-0.4, -0.2) is 39.3 Å². The second kappa shape index (κ2) is 8.13. The van der Waals surface area contributed by atoms with Crippen molar-refractivity contribution in [1.82, 2.24) is 19.7 Å². The number of piperidine rings is 1. The molecule has 0 spiro atoms. The van der Waals surface area contributed by atoms with E-state index in [1.165, 1.54) is 43.4 Å². The van der Waals surface area contributed by atoms with E-state index in [-0.39, 0.29) is 12.4 Å². The van der Waals surface area contributed by atoms with E-state index >= 15 is 0 Å². The molecule has 4 nitrogen and oxygen atoms in total. The van der Waals surface area contributed by atoms with Gasteiger partial charge >= 0.3 is 0 Å². The molecule has 0 unspecified atom stereocenters. The largest absolute Gasteiger partial charge is 0.304 e. The van der Waals surface area contributed by atoms with Crippen LogP contribution in [-0.2, 0) is 7.05 Å². The highest BCUT2D eigenvalue weighted by molar-refractivity contribution is 5.86. The highest BCUT2D eigenvalue weighted by atomic mass is 35.5. The lowest BCUT2D eigenvalue weighted by Gasteiger charge is -2.31. The molecule has 0 radical (unpaired) electrons. The van der Waals surface area contributed by atoms with Crippen LogP contribution in [0.4, 0.5) is 0 Å². The van der Waals surface area contributed by atoms with Gasteiger partial charge < -0.3 is 4.90 Å². The molecule has 1 fully saturated rings. The minimum atomic E-state index is 0. The summed E-state index contributed by atoms with van der Waals surface area (Å²) in [6, 6.07) is 17.6. The second-order valence-corrected chi connectivity index (χ2v) is 7.93. The molecule has 1 aliphatic rings. The number of likely N-dealkylation sites (tertiary alicyclic amines) is 1. The molecule has 2 aromatic heterocycles. The first-order valence-corrected chi connectivity index (χ1v) is 10.3. The molecule has 0 saturated carbocycles. The van der Waals surface area contributed by atoms with Gasteiger partial charge in [0.05, 0.1) is 16.7 Å². The summed E-state index contributed by atoms with van der Waals surface area (Å²) in [4.78, 5) is 7.48. The van der Waals surface area contributed by atoms with Crippen LogP contribution in [0.2, 0.25) is 0 Å². The SMILES string of the molecule is CCN1CCC(c2ccc3nc(-c4ccc5nn(C)cc5c4)ccc3c2)CC1.Cl. The Bertz CT molecular complexity index is 1140. The normalized spacial score (nSPS) is 15.7. The van der Waals surface area contributed by atoms with E-state index in [4.69, 9.17) is 4.98 Å². The fourth-order valence-corrected chi connectivity index (χ4v) is 4.45. The van der Waals surface area contributed by atoms with Crippen molar-refractivity contribution in [2.75, 3.05) is 19.6 Å². The van der Waals surface area contributed by atoms with Crippen LogP contribution in [0, 0.1) is 0 Å². The molecular formula is C24H27ClN4. The highest BCUT2D eigenvalue weighted by Gasteiger charge is 2.19. The van der Waals surface area contributed by atoms with Crippen LogP contribution in [0.5, 0.6) is 0 Å². The van der Waals surface area contributed by atoms with Gasteiger partial charge in [0.15, 0.2) is 0 Å². The van der Waals surface area contributed by atoms with Gasteiger partial charge in [0.2, 0.25) is 0 Å². The van der Waals surface area contributed by atoms with Gasteiger partial charge in [-0.3, -0.25) is 4.68 Å². The van der Waals surface area contributed by atoms with Crippen molar-refractivity contribution in [3.05, 3.63) is 60.3 Å². The molecule has 5 rings (SSSR count). The van der Waals surface area contributed by atoms with Crippen LogP contribution in [0.1, 0.15) is 31.2 Å². The number of hydrogen-bond acceptors (Lipinski definition) is 3. The van der Waals surface area contributed by atoms with E-state index in [1.54, 1.807) is 0 Å². The number of fused-ring (bicyclic) bond motifs is 2. The zero-order chi connectivity index (χ0) is 19.1. The van der Waals surface area contributed by atoms with Crippen molar-refractivity contribution in [2.24, 2.45) is 7.05 Å². The standard InChI is InChI=1S/C24H26N4.ClH/c1-3-28-12-10-17(11-13-28)18-4-7-22-19(14-18)5-8-23(25-22)20-6-9-24-21(15-20)16-27(2)26-24;/h4-9,14-17H,3,10-13H2,1-2H3;1H. The number of pyridine rings is 1. The lowest BCUT2D eigenvalue weighted by molar-refractivity contribution is 0.222. The van der Waals surface area contributed by atoms with E-state index in [0.717, 1.165) is 27.7 Å². The van der Waals surface area contributed by atoms with Crippen molar-refractivity contribution in [2.45, 2.75) is 25.7 Å². The molecular weight excluding hydrogens is 380 g/mol. The van der Waals surface area contributed by atoms with Crippen LogP contribution < -0.4 is 0 Å². The third kappa shape index (κ3) is 3.87. The Labute approximate surface area is 178 Å². The average molecular weight is 407 g/mol. The Balaban J connectivity index is 0.00000205. The third-order valence-corrected chi connectivity index (χ3v) is 6.13. The summed E-state index contributed by atoms with van der Waals surface area (Å²) < 4.78 is 1.86. The summed E-state index contributed by atoms with van der Waals surface area (Å²) in [6.07, 6.45) is 4.57. The Hall–Kier alpha value is -2.43. The molecule has 150 valence electrons. The first-order chi connectivity index (χ1) is 13.7. The molecule has 0 amide bonds. The maximum absolute atomic E-state index is 4.94. The monoisotopic (exact) mass is 406 g/mol. The van der Waals surface area contributed by atoms with Gasteiger partial charge in [0.1, 0.15) is 0 Å². The van der Waals surface area contributed by atoms with E-state index < -0.39 is 0 Å². The van der Waals surface area contributed by atoms with Gasteiger partial charge in [-0.15, -0.1) is 12.4 Å². The predicted octanol–water partition coefficient (Wildman–Crippen LogP) is 5.41. The molecule has 29 heavy (non-hydrogen) atoms. The fraction of sp³-hybridized carbons (Fsp3) is 0.333. The van der Waals surface area contributed by atoms with E-state index in [2.05, 4.69) is 71.7 Å². The van der Waals surface area contributed by atoms with E-state index in [0.29, 0.717) is 5.92 Å². The number of rotatable bonds is 3. The molecule has 1 aliphatic heterocycles. The maximum Gasteiger partial charge on any atom is 0.0923 e. The molecule has 0 atom stereocenters. The quantitative estimate of drug-likeness (QED) is 0.456. The molecule has 5 heteroatoms. The van der Waals surface area contributed by atoms with Crippen molar-refractivity contribution in [3.8, 4) is 11.3 Å². The zero-order valence-electron chi connectivity index (χ0n) is 17.0. The summed E-state index contributed by atoms with van der Waals surface area (Å²) in [7, 11) is 1.96. The molecule has 4 aromatic rings. The van der Waals surface area contributed by atoms with Crippen LogP contribution >= 0.6 is 12.4 Å². The Morgan fingerprint density at radius 2 is 1.72 bits per heavy atom. The minimum absolute atomic E-state index is 0. The average Bonchev–Trinajstić information content (AvgIpc) is 3.12. The summed E-state index contributed by atoms with van der Waals surface area (Å²) >= 11 is 0. The smallest absolute Gasteiger partial charge is 0.0923 e. The fourth-order valence-electron chi connectivity index (χ4n) is 4.45. The zero-order valence-corrected chi connectivity index (χ0v) is 17.8. The number of aryl methyl sites for hydroxylation is 1. The van der Waals surface area contributed by atoms with Gasteiger partial charge in [-0.2, -0.15) is 5.10 Å². The maximum atomic E-state index is 4.94. The topological polar surface area (TPSA) is 34.0 Å². The molecule has 3 heterocycles. The van der Waals surface area contributed by atoms with Gasteiger partial charge in [-0.1, -0.05) is 25.1 Å². The first-order valence-electron chi connectivity index (χ1n) is 10.3. The molecule has 2 aromatic carbocycles. The van der Waals surface area contributed by atoms with Crippen molar-refractivity contribution >= 4 is 34.2 Å². The van der Waals surface area contributed by atoms with Crippen LogP contribution in [0.3, 0.4) is 0 Å². The minimum Gasteiger partial charge on any atom is -0.304 e. The Morgan fingerprint density at radius 1 is 0.931 bits per heavy atom. The number of halogens is 1. The van der Waals surface area contributed by atoms with Crippen LogP contribution in [0.15, 0.2) is 54.7 Å². The number of nitrogens with zero attached hydrogens (tertiary/aromatic N) is 4. The lowest BCUT2D eigenvalue weighted by Crippen LogP contribution is -2.32. The molecule has 0 N–H and O–H groups in total. The van der Waals surface area contributed by atoms with Crippen LogP contribution in [0.25, 0.3) is 33.1 Å². The van der Waals surface area contributed by atoms with E-state index in [1.807, 2.05) is 11.7 Å². The summed E-state index contributed by atoms with van der Waals surface area (Å²) in [5.74, 6) is 0.680. The predicted molar refractivity (Wildman–Crippen MR) is 123 cm³/mol. The second-order valence-electron chi connectivity index (χ2n) is 7.93. The van der Waals surface area contributed by atoms with Gasteiger partial charge in [0.25, 0.3) is 0 Å². The van der Waals surface area contributed by atoms with Gasteiger partial charge in [-0.25, -0.2) is 4.98 Å². The lowest BCUT2D eigenvalue weighted by atomic mass is 9.88. The number of hydrogen-bond donors (Lipinski definition) is 0. The van der Waals surface area contributed by atoms with Gasteiger partial charge in [-0.05, 0) is 74.3 Å². The number of aromatic nitrogens is 3. The van der Waals surface area contributed by atoms with Crippen molar-refractivity contribution < 1.29 is 0 Å². The first kappa shape index (κ1) is 19.9. The highest BCUT2D eigenvalue weighted by Crippen LogP contribution is 2.31. The van der Waals surface area contributed by atoms with E-state index in [9.17, 15) is 0 Å².